The van der Waals surface area contributed by atoms with Crippen LogP contribution in [-0.2, 0) is 0 Å². The molecule has 25 heavy (non-hydrogen) atoms. The van der Waals surface area contributed by atoms with Gasteiger partial charge in [-0.25, -0.2) is 9.59 Å². The Morgan fingerprint density at radius 1 is 1.20 bits per heavy atom. The van der Waals surface area contributed by atoms with Gasteiger partial charge >= 0.3 is 11.3 Å². The summed E-state index contributed by atoms with van der Waals surface area (Å²) in [5, 5.41) is 10.9. The Kier molecular flexibility index (Phi) is 4.10. The molecule has 0 saturated carbocycles. The molecule has 8 nitrogen and oxygen atoms in total. The first kappa shape index (κ1) is 16.4. The zero-order chi connectivity index (χ0) is 18.1. The van der Waals surface area contributed by atoms with Gasteiger partial charge in [0.25, 0.3) is 5.56 Å². The Balaban J connectivity index is 2.07. The van der Waals surface area contributed by atoms with E-state index in [4.69, 9.17) is 4.42 Å². The van der Waals surface area contributed by atoms with Gasteiger partial charge < -0.3 is 9.52 Å². The van der Waals surface area contributed by atoms with E-state index in [0.717, 1.165) is 4.57 Å². The quantitative estimate of drug-likeness (QED) is 0.555. The zero-order valence-electron chi connectivity index (χ0n) is 13.5. The minimum atomic E-state index is -0.727. The van der Waals surface area contributed by atoms with Crippen molar-refractivity contribution in [3.05, 3.63) is 67.2 Å². The molecule has 3 aromatic rings. The van der Waals surface area contributed by atoms with Gasteiger partial charge in [0.2, 0.25) is 5.88 Å². The van der Waals surface area contributed by atoms with Crippen LogP contribution < -0.4 is 16.9 Å². The van der Waals surface area contributed by atoms with Gasteiger partial charge in [-0.15, -0.1) is 0 Å². The summed E-state index contributed by atoms with van der Waals surface area (Å²) in [6.45, 7) is 3.41. The molecule has 0 bridgehead atoms. The SMILES string of the molecule is CC(C)n1c(O)c(C=Nc2ccc3oc(=O)ccc3c2)c(=O)[nH]c1=O. The molecule has 0 atom stereocenters. The first-order valence-corrected chi connectivity index (χ1v) is 7.52. The van der Waals surface area contributed by atoms with Crippen molar-refractivity contribution in [1.29, 1.82) is 0 Å². The van der Waals surface area contributed by atoms with Gasteiger partial charge in [0.05, 0.1) is 5.69 Å². The molecule has 2 aromatic heterocycles. The fraction of sp³-hybridized carbons (Fsp3) is 0.176. The maximum absolute atomic E-state index is 11.9. The second kappa shape index (κ2) is 6.23. The van der Waals surface area contributed by atoms with Gasteiger partial charge in [-0.1, -0.05) is 0 Å². The highest BCUT2D eigenvalue weighted by Crippen LogP contribution is 2.20. The second-order valence-electron chi connectivity index (χ2n) is 5.70. The predicted molar refractivity (Wildman–Crippen MR) is 93.1 cm³/mol. The minimum Gasteiger partial charge on any atom is -0.494 e. The molecule has 0 radical (unpaired) electrons. The van der Waals surface area contributed by atoms with E-state index in [1.165, 1.54) is 12.3 Å². The molecule has 0 amide bonds. The number of aromatic hydroxyl groups is 1. The van der Waals surface area contributed by atoms with Crippen molar-refractivity contribution in [3.8, 4) is 5.88 Å². The fourth-order valence-corrected chi connectivity index (χ4v) is 2.43. The second-order valence-corrected chi connectivity index (χ2v) is 5.70. The molecule has 0 fully saturated rings. The summed E-state index contributed by atoms with van der Waals surface area (Å²) in [6, 6.07) is 7.42. The normalized spacial score (nSPS) is 11.6. The van der Waals surface area contributed by atoms with Gasteiger partial charge in [0, 0.05) is 23.7 Å². The van der Waals surface area contributed by atoms with Crippen LogP contribution in [0.1, 0.15) is 25.5 Å². The van der Waals surface area contributed by atoms with Crippen LogP contribution in [0.5, 0.6) is 5.88 Å². The first-order chi connectivity index (χ1) is 11.9. The molecule has 0 aliphatic carbocycles. The van der Waals surface area contributed by atoms with Crippen LogP contribution in [0.3, 0.4) is 0 Å². The van der Waals surface area contributed by atoms with E-state index in [1.807, 2.05) is 0 Å². The number of nitrogens with zero attached hydrogens (tertiary/aromatic N) is 2. The largest absolute Gasteiger partial charge is 0.494 e. The average molecular weight is 341 g/mol. The van der Waals surface area contributed by atoms with Crippen molar-refractivity contribution in [3.63, 3.8) is 0 Å². The molecular weight excluding hydrogens is 326 g/mol. The van der Waals surface area contributed by atoms with Crippen LogP contribution >= 0.6 is 0 Å². The number of aliphatic imine (C=N–C) groups is 1. The Morgan fingerprint density at radius 2 is 1.96 bits per heavy atom. The van der Waals surface area contributed by atoms with E-state index in [1.54, 1.807) is 38.1 Å². The number of aromatic nitrogens is 2. The summed E-state index contributed by atoms with van der Waals surface area (Å²) in [6.07, 6.45) is 1.19. The molecule has 0 aliphatic heterocycles. The molecular formula is C17H15N3O5. The monoisotopic (exact) mass is 341 g/mol. The molecule has 2 N–H and O–H groups in total. The van der Waals surface area contributed by atoms with E-state index >= 15 is 0 Å². The van der Waals surface area contributed by atoms with Crippen molar-refractivity contribution >= 4 is 22.9 Å². The number of hydrogen-bond acceptors (Lipinski definition) is 6. The third-order valence-electron chi connectivity index (χ3n) is 3.61. The summed E-state index contributed by atoms with van der Waals surface area (Å²) in [7, 11) is 0. The zero-order valence-corrected chi connectivity index (χ0v) is 13.5. The van der Waals surface area contributed by atoms with Crippen LogP contribution in [0.25, 0.3) is 11.0 Å². The Hall–Kier alpha value is -3.42. The minimum absolute atomic E-state index is 0.118. The highest BCUT2D eigenvalue weighted by atomic mass is 16.4. The lowest BCUT2D eigenvalue weighted by molar-refractivity contribution is 0.380. The topological polar surface area (TPSA) is 118 Å². The highest BCUT2D eigenvalue weighted by molar-refractivity contribution is 5.86. The molecule has 2 heterocycles. The van der Waals surface area contributed by atoms with Gasteiger partial charge in [-0.3, -0.25) is 19.3 Å². The van der Waals surface area contributed by atoms with Crippen molar-refractivity contribution in [2.45, 2.75) is 19.9 Å². The van der Waals surface area contributed by atoms with Gasteiger partial charge in [-0.05, 0) is 38.1 Å². The molecule has 8 heteroatoms. The van der Waals surface area contributed by atoms with Gasteiger partial charge in [0.15, 0.2) is 0 Å². The summed E-state index contributed by atoms with van der Waals surface area (Å²) < 4.78 is 6.10. The fourth-order valence-electron chi connectivity index (χ4n) is 2.43. The average Bonchev–Trinajstić information content (AvgIpc) is 2.53. The molecule has 1 aromatic carbocycles. The lowest BCUT2D eigenvalue weighted by Gasteiger charge is -2.12. The van der Waals surface area contributed by atoms with Crippen LogP contribution in [0.4, 0.5) is 5.69 Å². The molecule has 128 valence electrons. The number of hydrogen-bond donors (Lipinski definition) is 2. The molecule has 0 spiro atoms. The van der Waals surface area contributed by atoms with E-state index in [0.29, 0.717) is 16.7 Å². The summed E-state index contributed by atoms with van der Waals surface area (Å²) >= 11 is 0. The first-order valence-electron chi connectivity index (χ1n) is 7.52. The number of H-pyrrole nitrogens is 1. The number of rotatable bonds is 3. The number of nitrogens with one attached hydrogen (secondary N) is 1. The van der Waals surface area contributed by atoms with E-state index in [9.17, 15) is 19.5 Å². The Morgan fingerprint density at radius 3 is 2.68 bits per heavy atom. The highest BCUT2D eigenvalue weighted by Gasteiger charge is 2.14. The summed E-state index contributed by atoms with van der Waals surface area (Å²) in [5.74, 6) is -0.445. The van der Waals surface area contributed by atoms with Crippen molar-refractivity contribution < 1.29 is 9.52 Å². The molecule has 3 rings (SSSR count). The maximum Gasteiger partial charge on any atom is 0.336 e. The third-order valence-corrected chi connectivity index (χ3v) is 3.61. The molecule has 0 aliphatic rings. The number of fused-ring (bicyclic) bond motifs is 1. The number of benzene rings is 1. The van der Waals surface area contributed by atoms with E-state index in [2.05, 4.69) is 9.98 Å². The lowest BCUT2D eigenvalue weighted by Crippen LogP contribution is -2.33. The molecule has 0 unspecified atom stereocenters. The number of aromatic amines is 1. The van der Waals surface area contributed by atoms with Gasteiger partial charge in [-0.2, -0.15) is 0 Å². The maximum atomic E-state index is 11.9. The van der Waals surface area contributed by atoms with Gasteiger partial charge in [0.1, 0.15) is 11.1 Å². The Labute approximate surface area is 140 Å². The Bertz CT molecular complexity index is 1150. The van der Waals surface area contributed by atoms with E-state index in [-0.39, 0.29) is 11.6 Å². The molecule has 0 saturated heterocycles. The summed E-state index contributed by atoms with van der Waals surface area (Å²) in [5.41, 5.74) is -1.07. The summed E-state index contributed by atoms with van der Waals surface area (Å²) in [4.78, 5) is 41.2. The lowest BCUT2D eigenvalue weighted by atomic mass is 10.2. The third kappa shape index (κ3) is 3.14. The van der Waals surface area contributed by atoms with Crippen LogP contribution in [-0.4, -0.2) is 20.9 Å². The van der Waals surface area contributed by atoms with Crippen molar-refractivity contribution in [1.82, 2.24) is 9.55 Å². The van der Waals surface area contributed by atoms with Crippen molar-refractivity contribution in [2.75, 3.05) is 0 Å². The van der Waals surface area contributed by atoms with E-state index < -0.39 is 22.8 Å². The van der Waals surface area contributed by atoms with Crippen molar-refractivity contribution in [2.24, 2.45) is 4.99 Å². The predicted octanol–water partition coefficient (Wildman–Crippen LogP) is 1.68. The standard InChI is InChI=1S/C17H15N3O5/c1-9(2)20-16(23)12(15(22)19-17(20)24)8-18-11-4-5-13-10(7-11)3-6-14(21)25-13/h3-9,23H,1-2H3,(H,19,22,24). The van der Waals surface area contributed by atoms with Crippen LogP contribution in [0.15, 0.2) is 54.1 Å². The van der Waals surface area contributed by atoms with Crippen LogP contribution in [0.2, 0.25) is 0 Å². The van der Waals surface area contributed by atoms with Crippen LogP contribution in [0, 0.1) is 0 Å². The smallest absolute Gasteiger partial charge is 0.336 e.